The number of nitrogens with one attached hydrogen (secondary N) is 2. The summed E-state index contributed by atoms with van der Waals surface area (Å²) in [5, 5.41) is 6.80. The second-order valence-corrected chi connectivity index (χ2v) is 6.94. The van der Waals surface area contributed by atoms with Crippen LogP contribution in [0.5, 0.6) is 0 Å². The van der Waals surface area contributed by atoms with Crippen molar-refractivity contribution in [2.45, 2.75) is 33.4 Å². The molecule has 25 heavy (non-hydrogen) atoms. The summed E-state index contributed by atoms with van der Waals surface area (Å²) < 4.78 is 5.64. The average molecular weight is 476 g/mol. The highest BCUT2D eigenvalue weighted by molar-refractivity contribution is 14.0. The van der Waals surface area contributed by atoms with Crippen LogP contribution in [0.1, 0.15) is 35.4 Å². The molecule has 2 N–H and O–H groups in total. The van der Waals surface area contributed by atoms with Gasteiger partial charge in [0.15, 0.2) is 5.96 Å². The number of thiophene rings is 1. The molecule has 1 unspecified atom stereocenters. The standard InChI is InChI=1S/C18H28N4OS.HI/c1-5-22(6-2)16(17-8-7-11-23-17)13-21-18(19-4)20-12-15-10-9-14(3)24-15;/h7-11,16H,5-6,12-13H2,1-4H3,(H2,19,20,21);1H. The molecule has 0 aliphatic rings. The molecule has 0 aliphatic carbocycles. The maximum absolute atomic E-state index is 5.64. The monoisotopic (exact) mass is 476 g/mol. The van der Waals surface area contributed by atoms with Gasteiger partial charge in [-0.3, -0.25) is 9.89 Å². The second kappa shape index (κ2) is 11.5. The van der Waals surface area contributed by atoms with Gasteiger partial charge in [-0.15, -0.1) is 35.3 Å². The van der Waals surface area contributed by atoms with Crippen molar-refractivity contribution in [2.75, 3.05) is 26.7 Å². The van der Waals surface area contributed by atoms with E-state index in [2.05, 4.69) is 53.4 Å². The zero-order valence-electron chi connectivity index (χ0n) is 15.4. The van der Waals surface area contributed by atoms with Crippen LogP contribution in [0.2, 0.25) is 0 Å². The molecule has 1 atom stereocenters. The van der Waals surface area contributed by atoms with Gasteiger partial charge in [0.05, 0.1) is 18.8 Å². The van der Waals surface area contributed by atoms with Gasteiger partial charge in [0.25, 0.3) is 0 Å². The largest absolute Gasteiger partial charge is 0.468 e. The van der Waals surface area contributed by atoms with Gasteiger partial charge in [0.2, 0.25) is 0 Å². The van der Waals surface area contributed by atoms with Gasteiger partial charge in [-0.05, 0) is 44.3 Å². The van der Waals surface area contributed by atoms with Gasteiger partial charge in [-0.1, -0.05) is 13.8 Å². The number of furan rings is 1. The number of halogens is 1. The summed E-state index contributed by atoms with van der Waals surface area (Å²) in [7, 11) is 1.80. The predicted molar refractivity (Wildman–Crippen MR) is 117 cm³/mol. The SMILES string of the molecule is CCN(CC)C(CNC(=NC)NCc1ccc(C)s1)c1ccco1.I. The van der Waals surface area contributed by atoms with E-state index in [0.29, 0.717) is 0 Å². The fraction of sp³-hybridized carbons (Fsp3) is 0.500. The first-order chi connectivity index (χ1) is 11.7. The Labute approximate surface area is 171 Å². The van der Waals surface area contributed by atoms with Crippen LogP contribution < -0.4 is 10.6 Å². The van der Waals surface area contributed by atoms with Crippen LogP contribution >= 0.6 is 35.3 Å². The fourth-order valence-electron chi connectivity index (χ4n) is 2.72. The van der Waals surface area contributed by atoms with Crippen molar-refractivity contribution in [3.8, 4) is 0 Å². The van der Waals surface area contributed by atoms with Gasteiger partial charge in [-0.2, -0.15) is 0 Å². The van der Waals surface area contributed by atoms with Crippen LogP contribution in [0.15, 0.2) is 39.9 Å². The number of nitrogens with zero attached hydrogens (tertiary/aromatic N) is 2. The number of aliphatic imine (C=N–C) groups is 1. The molecule has 0 aromatic carbocycles. The molecule has 140 valence electrons. The summed E-state index contributed by atoms with van der Waals surface area (Å²) >= 11 is 1.81. The second-order valence-electron chi connectivity index (χ2n) is 5.57. The molecular formula is C18H29IN4OS. The van der Waals surface area contributed by atoms with Crippen molar-refractivity contribution in [3.63, 3.8) is 0 Å². The lowest BCUT2D eigenvalue weighted by molar-refractivity contribution is 0.193. The van der Waals surface area contributed by atoms with E-state index >= 15 is 0 Å². The van der Waals surface area contributed by atoms with E-state index < -0.39 is 0 Å². The van der Waals surface area contributed by atoms with Crippen LogP contribution in [0.3, 0.4) is 0 Å². The Morgan fingerprint density at radius 1 is 1.24 bits per heavy atom. The zero-order valence-corrected chi connectivity index (χ0v) is 18.6. The van der Waals surface area contributed by atoms with E-state index in [-0.39, 0.29) is 30.0 Å². The molecule has 2 aromatic heterocycles. The predicted octanol–water partition coefficient (Wildman–Crippen LogP) is 4.02. The van der Waals surface area contributed by atoms with Gasteiger partial charge >= 0.3 is 0 Å². The topological polar surface area (TPSA) is 52.8 Å². The molecule has 2 aromatic rings. The number of aryl methyl sites for hydroxylation is 1. The Bertz CT molecular complexity index is 623. The van der Waals surface area contributed by atoms with Gasteiger partial charge in [0.1, 0.15) is 5.76 Å². The Kier molecular flexibility index (Phi) is 10.1. The number of likely N-dealkylation sites (N-methyl/N-ethyl adjacent to an activating group) is 1. The van der Waals surface area contributed by atoms with Crippen molar-refractivity contribution in [1.82, 2.24) is 15.5 Å². The Hall–Kier alpha value is -1.06. The molecule has 0 fully saturated rings. The smallest absolute Gasteiger partial charge is 0.191 e. The van der Waals surface area contributed by atoms with E-state index in [1.165, 1.54) is 9.75 Å². The third-order valence-corrected chi connectivity index (χ3v) is 5.04. The molecule has 0 spiro atoms. The lowest BCUT2D eigenvalue weighted by Crippen LogP contribution is -2.42. The van der Waals surface area contributed by atoms with Crippen LogP contribution in [0.25, 0.3) is 0 Å². The van der Waals surface area contributed by atoms with E-state index in [9.17, 15) is 0 Å². The lowest BCUT2D eigenvalue weighted by atomic mass is 10.2. The van der Waals surface area contributed by atoms with E-state index in [1.54, 1.807) is 24.6 Å². The highest BCUT2D eigenvalue weighted by atomic mass is 127. The molecular weight excluding hydrogens is 447 g/mol. The normalized spacial score (nSPS) is 12.8. The average Bonchev–Trinajstić information content (AvgIpc) is 3.25. The van der Waals surface area contributed by atoms with Crippen molar-refractivity contribution >= 4 is 41.3 Å². The lowest BCUT2D eigenvalue weighted by Gasteiger charge is -2.28. The number of guanidine groups is 1. The van der Waals surface area contributed by atoms with Gasteiger partial charge < -0.3 is 15.1 Å². The van der Waals surface area contributed by atoms with Crippen molar-refractivity contribution in [2.24, 2.45) is 4.99 Å². The van der Waals surface area contributed by atoms with Crippen LogP contribution in [0, 0.1) is 6.92 Å². The molecule has 2 rings (SSSR count). The zero-order chi connectivity index (χ0) is 17.4. The summed E-state index contributed by atoms with van der Waals surface area (Å²) in [5.74, 6) is 1.79. The molecule has 2 heterocycles. The van der Waals surface area contributed by atoms with Gasteiger partial charge in [-0.25, -0.2) is 0 Å². The first-order valence-corrected chi connectivity index (χ1v) is 9.26. The summed E-state index contributed by atoms with van der Waals surface area (Å²) in [6.07, 6.45) is 1.73. The number of hydrogen-bond donors (Lipinski definition) is 2. The van der Waals surface area contributed by atoms with Gasteiger partial charge in [0, 0.05) is 23.3 Å². The fourth-order valence-corrected chi connectivity index (χ4v) is 3.55. The molecule has 5 nitrogen and oxygen atoms in total. The molecule has 0 radical (unpaired) electrons. The van der Waals surface area contributed by atoms with Crippen molar-refractivity contribution in [3.05, 3.63) is 46.0 Å². The summed E-state index contributed by atoms with van der Waals surface area (Å²) in [6, 6.07) is 8.47. The first-order valence-electron chi connectivity index (χ1n) is 8.45. The molecule has 0 aliphatic heterocycles. The third-order valence-electron chi connectivity index (χ3n) is 4.04. The molecule has 0 saturated carbocycles. The molecule has 0 amide bonds. The van der Waals surface area contributed by atoms with Crippen LogP contribution in [-0.4, -0.2) is 37.5 Å². The van der Waals surface area contributed by atoms with E-state index in [1.807, 2.05) is 12.1 Å². The summed E-state index contributed by atoms with van der Waals surface area (Å²) in [4.78, 5) is 9.34. The Morgan fingerprint density at radius 2 is 2.00 bits per heavy atom. The molecule has 0 saturated heterocycles. The third kappa shape index (κ3) is 6.63. The number of rotatable bonds is 8. The minimum Gasteiger partial charge on any atom is -0.468 e. The maximum atomic E-state index is 5.64. The maximum Gasteiger partial charge on any atom is 0.191 e. The first kappa shape index (κ1) is 22.0. The highest BCUT2D eigenvalue weighted by Gasteiger charge is 2.20. The summed E-state index contributed by atoms with van der Waals surface area (Å²) in [6.45, 7) is 9.96. The van der Waals surface area contributed by atoms with Crippen molar-refractivity contribution in [1.29, 1.82) is 0 Å². The van der Waals surface area contributed by atoms with Crippen molar-refractivity contribution < 1.29 is 4.42 Å². The summed E-state index contributed by atoms with van der Waals surface area (Å²) in [5.41, 5.74) is 0. The van der Waals surface area contributed by atoms with E-state index in [0.717, 1.165) is 37.9 Å². The van der Waals surface area contributed by atoms with E-state index in [4.69, 9.17) is 4.42 Å². The Balaban J connectivity index is 0.00000312. The minimum atomic E-state index is 0. The Morgan fingerprint density at radius 3 is 2.52 bits per heavy atom. The molecule has 0 bridgehead atoms. The molecule has 7 heteroatoms. The van der Waals surface area contributed by atoms with Crippen LogP contribution in [-0.2, 0) is 6.54 Å². The van der Waals surface area contributed by atoms with Crippen LogP contribution in [0.4, 0.5) is 0 Å². The highest BCUT2D eigenvalue weighted by Crippen LogP contribution is 2.20. The quantitative estimate of drug-likeness (QED) is 0.344. The number of hydrogen-bond acceptors (Lipinski definition) is 4. The minimum absolute atomic E-state index is 0.